The summed E-state index contributed by atoms with van der Waals surface area (Å²) >= 11 is 0. The second-order valence-electron chi connectivity index (χ2n) is 4.89. The van der Waals surface area contributed by atoms with Gasteiger partial charge in [0.15, 0.2) is 0 Å². The van der Waals surface area contributed by atoms with Gasteiger partial charge in [-0.05, 0) is 43.5 Å². The number of hydrogen-bond donors (Lipinski definition) is 1. The molecule has 2 nitrogen and oxygen atoms in total. The molecule has 17 heavy (non-hydrogen) atoms. The van der Waals surface area contributed by atoms with Crippen molar-refractivity contribution < 1.29 is 5.11 Å². The highest BCUT2D eigenvalue weighted by Gasteiger charge is 2.21. The van der Waals surface area contributed by atoms with E-state index in [2.05, 4.69) is 36.1 Å². The van der Waals surface area contributed by atoms with Gasteiger partial charge in [-0.2, -0.15) is 0 Å². The summed E-state index contributed by atoms with van der Waals surface area (Å²) in [5.41, 5.74) is 2.62. The zero-order valence-corrected chi connectivity index (χ0v) is 10.7. The molecule has 1 heterocycles. The molecule has 0 amide bonds. The lowest BCUT2D eigenvalue weighted by Crippen LogP contribution is -2.35. The minimum Gasteiger partial charge on any atom is -0.394 e. The maximum Gasteiger partial charge on any atom is 0.0628 e. The van der Waals surface area contributed by atoms with Gasteiger partial charge in [0.25, 0.3) is 0 Å². The molecule has 1 atom stereocenters. The summed E-state index contributed by atoms with van der Waals surface area (Å²) in [6, 6.07) is 8.91. The summed E-state index contributed by atoms with van der Waals surface area (Å²) in [5, 5.41) is 9.62. The second-order valence-corrected chi connectivity index (χ2v) is 4.89. The van der Waals surface area contributed by atoms with E-state index >= 15 is 0 Å². The molecule has 1 aromatic rings. The topological polar surface area (TPSA) is 23.5 Å². The molecule has 2 rings (SSSR count). The largest absolute Gasteiger partial charge is 0.394 e. The molecular formula is C15H23NO. The van der Waals surface area contributed by atoms with Crippen LogP contribution in [0.2, 0.25) is 0 Å². The van der Waals surface area contributed by atoms with Crippen molar-refractivity contribution in [2.24, 2.45) is 0 Å². The van der Waals surface area contributed by atoms with Crippen LogP contribution in [-0.4, -0.2) is 29.7 Å². The monoisotopic (exact) mass is 233 g/mol. The van der Waals surface area contributed by atoms with E-state index in [1.165, 1.54) is 30.4 Å². The molecule has 1 aliphatic rings. The highest BCUT2D eigenvalue weighted by atomic mass is 16.3. The van der Waals surface area contributed by atoms with Crippen LogP contribution in [0.1, 0.15) is 43.4 Å². The quantitative estimate of drug-likeness (QED) is 0.864. The number of piperidine rings is 1. The fourth-order valence-corrected chi connectivity index (χ4v) is 2.64. The van der Waals surface area contributed by atoms with Gasteiger partial charge in [-0.3, -0.25) is 4.90 Å². The van der Waals surface area contributed by atoms with Gasteiger partial charge in [-0.1, -0.05) is 37.6 Å². The Bertz CT molecular complexity index is 327. The number of rotatable bonds is 4. The lowest BCUT2D eigenvalue weighted by molar-refractivity contribution is 0.104. The van der Waals surface area contributed by atoms with Crippen LogP contribution >= 0.6 is 0 Å². The molecule has 0 aliphatic carbocycles. The van der Waals surface area contributed by atoms with Crippen LogP contribution in [0.5, 0.6) is 0 Å². The molecule has 0 aromatic heterocycles. The Hall–Kier alpha value is -0.860. The number of likely N-dealkylation sites (tertiary alicyclic amines) is 1. The van der Waals surface area contributed by atoms with E-state index in [-0.39, 0.29) is 12.6 Å². The summed E-state index contributed by atoms with van der Waals surface area (Å²) in [5.74, 6) is 0. The van der Waals surface area contributed by atoms with E-state index in [1.807, 2.05) is 0 Å². The zero-order chi connectivity index (χ0) is 12.1. The molecule has 1 fully saturated rings. The van der Waals surface area contributed by atoms with Gasteiger partial charge < -0.3 is 5.11 Å². The van der Waals surface area contributed by atoms with Crippen LogP contribution in [0.3, 0.4) is 0 Å². The molecule has 1 aliphatic heterocycles. The molecule has 1 N–H and O–H groups in total. The third-order valence-electron chi connectivity index (χ3n) is 3.78. The third-order valence-corrected chi connectivity index (χ3v) is 3.78. The number of aryl methyl sites for hydroxylation is 1. The van der Waals surface area contributed by atoms with Crippen LogP contribution in [0.15, 0.2) is 24.3 Å². The Labute approximate surface area is 104 Å². The van der Waals surface area contributed by atoms with Crippen molar-refractivity contribution in [2.45, 2.75) is 38.6 Å². The smallest absolute Gasteiger partial charge is 0.0628 e. The normalized spacial score (nSPS) is 19.2. The molecule has 0 bridgehead atoms. The first-order valence-corrected chi connectivity index (χ1v) is 6.79. The lowest BCUT2D eigenvalue weighted by atomic mass is 10.0. The van der Waals surface area contributed by atoms with Gasteiger partial charge in [0.1, 0.15) is 0 Å². The van der Waals surface area contributed by atoms with Gasteiger partial charge in [-0.15, -0.1) is 0 Å². The predicted molar refractivity (Wildman–Crippen MR) is 71.1 cm³/mol. The first kappa shape index (κ1) is 12.6. The van der Waals surface area contributed by atoms with E-state index < -0.39 is 0 Å². The van der Waals surface area contributed by atoms with Crippen LogP contribution in [0.4, 0.5) is 0 Å². The van der Waals surface area contributed by atoms with Crippen molar-refractivity contribution >= 4 is 0 Å². The number of hydrogen-bond acceptors (Lipinski definition) is 2. The van der Waals surface area contributed by atoms with E-state index in [1.54, 1.807) is 0 Å². The molecule has 1 unspecified atom stereocenters. The molecule has 1 saturated heterocycles. The maximum atomic E-state index is 9.62. The second kappa shape index (κ2) is 6.18. The molecule has 1 aromatic carbocycles. The average Bonchev–Trinajstić information content (AvgIpc) is 2.42. The van der Waals surface area contributed by atoms with E-state index in [0.29, 0.717) is 0 Å². The fourth-order valence-electron chi connectivity index (χ4n) is 2.64. The van der Waals surface area contributed by atoms with Crippen molar-refractivity contribution in [2.75, 3.05) is 19.7 Å². The Morgan fingerprint density at radius 3 is 2.29 bits per heavy atom. The van der Waals surface area contributed by atoms with Crippen molar-refractivity contribution in [1.29, 1.82) is 0 Å². The maximum absolute atomic E-state index is 9.62. The Kier molecular flexibility index (Phi) is 4.57. The highest BCUT2D eigenvalue weighted by molar-refractivity contribution is 5.25. The van der Waals surface area contributed by atoms with Crippen LogP contribution in [0, 0.1) is 0 Å². The van der Waals surface area contributed by atoms with Crippen LogP contribution in [-0.2, 0) is 6.42 Å². The van der Waals surface area contributed by atoms with Gasteiger partial charge in [0.2, 0.25) is 0 Å². The molecule has 0 saturated carbocycles. The summed E-state index contributed by atoms with van der Waals surface area (Å²) < 4.78 is 0. The zero-order valence-electron chi connectivity index (χ0n) is 10.7. The Morgan fingerprint density at radius 2 is 1.76 bits per heavy atom. The SMILES string of the molecule is CCc1ccc(C(CO)N2CCCCC2)cc1. The fraction of sp³-hybridized carbons (Fsp3) is 0.600. The first-order valence-electron chi connectivity index (χ1n) is 6.79. The minimum absolute atomic E-state index is 0.196. The van der Waals surface area contributed by atoms with Crippen molar-refractivity contribution in [3.63, 3.8) is 0 Å². The average molecular weight is 233 g/mol. The van der Waals surface area contributed by atoms with Gasteiger partial charge >= 0.3 is 0 Å². The molecule has 0 spiro atoms. The van der Waals surface area contributed by atoms with Crippen molar-refractivity contribution in [3.8, 4) is 0 Å². The van der Waals surface area contributed by atoms with Gasteiger partial charge in [-0.25, -0.2) is 0 Å². The standard InChI is InChI=1S/C15H23NO/c1-2-13-6-8-14(9-7-13)15(12-17)16-10-4-3-5-11-16/h6-9,15,17H,2-5,10-12H2,1H3. The summed E-state index contributed by atoms with van der Waals surface area (Å²) in [4.78, 5) is 2.42. The number of nitrogens with zero attached hydrogens (tertiary/aromatic N) is 1. The van der Waals surface area contributed by atoms with Crippen LogP contribution in [0.25, 0.3) is 0 Å². The summed E-state index contributed by atoms with van der Waals surface area (Å²) in [6.07, 6.45) is 4.95. The van der Waals surface area contributed by atoms with Crippen LogP contribution < -0.4 is 0 Å². The van der Waals surface area contributed by atoms with E-state index in [0.717, 1.165) is 19.5 Å². The molecule has 2 heteroatoms. The molecular weight excluding hydrogens is 210 g/mol. The van der Waals surface area contributed by atoms with Crippen molar-refractivity contribution in [3.05, 3.63) is 35.4 Å². The highest BCUT2D eigenvalue weighted by Crippen LogP contribution is 2.24. The lowest BCUT2D eigenvalue weighted by Gasteiger charge is -2.33. The Balaban J connectivity index is 2.10. The van der Waals surface area contributed by atoms with Gasteiger partial charge in [0, 0.05) is 0 Å². The summed E-state index contributed by atoms with van der Waals surface area (Å²) in [7, 11) is 0. The first-order chi connectivity index (χ1) is 8.35. The van der Waals surface area contributed by atoms with Gasteiger partial charge in [0.05, 0.1) is 12.6 Å². The molecule has 0 radical (unpaired) electrons. The third kappa shape index (κ3) is 3.08. The Morgan fingerprint density at radius 1 is 1.12 bits per heavy atom. The minimum atomic E-state index is 0.196. The number of benzene rings is 1. The van der Waals surface area contributed by atoms with E-state index in [4.69, 9.17) is 0 Å². The van der Waals surface area contributed by atoms with E-state index in [9.17, 15) is 5.11 Å². The molecule has 94 valence electrons. The number of aliphatic hydroxyl groups excluding tert-OH is 1. The van der Waals surface area contributed by atoms with Crippen molar-refractivity contribution in [1.82, 2.24) is 4.90 Å². The summed E-state index contributed by atoms with van der Waals surface area (Å²) in [6.45, 7) is 4.65. The number of aliphatic hydroxyl groups is 1. The predicted octanol–water partition coefficient (Wildman–Crippen LogP) is 2.77.